The number of fused-ring (bicyclic) bond motifs is 1. The highest BCUT2D eigenvalue weighted by Crippen LogP contribution is 2.31. The van der Waals surface area contributed by atoms with E-state index in [1.807, 2.05) is 11.0 Å². The van der Waals surface area contributed by atoms with Gasteiger partial charge in [0, 0.05) is 35.9 Å². The predicted octanol–water partition coefficient (Wildman–Crippen LogP) is 3.28. The van der Waals surface area contributed by atoms with Gasteiger partial charge in [0.1, 0.15) is 6.54 Å². The molecule has 0 spiro atoms. The lowest BCUT2D eigenvalue weighted by molar-refractivity contribution is -0.140. The molecule has 0 radical (unpaired) electrons. The lowest BCUT2D eigenvalue weighted by atomic mass is 10.0. The second-order valence-electron chi connectivity index (χ2n) is 9.28. The first-order valence-electron chi connectivity index (χ1n) is 12.1. The van der Waals surface area contributed by atoms with E-state index < -0.39 is 28.7 Å². The number of nitrogens with one attached hydrogen (secondary N) is 2. The number of nitrogens with two attached hydrogens (primary N) is 1. The number of aliphatic carboxylic acids is 1. The number of primary sulfonamides is 1. The number of piperidine rings is 1. The molecule has 1 aromatic heterocycles. The van der Waals surface area contributed by atoms with Crippen LogP contribution in [0.5, 0.6) is 0 Å². The van der Waals surface area contributed by atoms with Gasteiger partial charge in [0.15, 0.2) is 0 Å². The zero-order chi connectivity index (χ0) is 28.2. The first kappa shape index (κ1) is 28.3. The van der Waals surface area contributed by atoms with Crippen LogP contribution in [0.1, 0.15) is 18.5 Å². The average molecular weight is 564 g/mol. The quantitative estimate of drug-likeness (QED) is 0.310. The summed E-state index contributed by atoms with van der Waals surface area (Å²) >= 11 is 0. The number of likely N-dealkylation sites (tertiary alicyclic amines) is 1. The minimum atomic E-state index is -4.45. The molecule has 0 atom stereocenters. The van der Waals surface area contributed by atoms with Crippen LogP contribution in [-0.2, 0) is 21.4 Å². The number of nitrogens with zero attached hydrogens (tertiary/aromatic N) is 2. The lowest BCUT2D eigenvalue weighted by Crippen LogP contribution is -2.41. The Morgan fingerprint density at radius 2 is 1.82 bits per heavy atom. The van der Waals surface area contributed by atoms with Gasteiger partial charge >= 0.3 is 12.1 Å². The SMILES string of the molecule is NS(=O)(=O)c1ccc(NCC#Cc2cc3c(NC4CCN(CC(=O)O)CC4)cccc3n2CC(F)(F)F)cc1. The molecule has 2 aromatic carbocycles. The van der Waals surface area contributed by atoms with E-state index in [2.05, 4.69) is 22.5 Å². The summed E-state index contributed by atoms with van der Waals surface area (Å²) in [6, 6.07) is 12.6. The van der Waals surface area contributed by atoms with Crippen LogP contribution >= 0.6 is 0 Å². The van der Waals surface area contributed by atoms with E-state index in [0.717, 1.165) is 4.57 Å². The number of anilines is 2. The Balaban J connectivity index is 1.52. The maximum atomic E-state index is 13.5. The minimum absolute atomic E-state index is 0.0135. The molecule has 13 heteroatoms. The van der Waals surface area contributed by atoms with E-state index in [1.54, 1.807) is 18.2 Å². The second kappa shape index (κ2) is 11.6. The van der Waals surface area contributed by atoms with E-state index in [4.69, 9.17) is 10.2 Å². The van der Waals surface area contributed by atoms with Crippen molar-refractivity contribution >= 4 is 38.3 Å². The van der Waals surface area contributed by atoms with Gasteiger partial charge in [-0.15, -0.1) is 0 Å². The predicted molar refractivity (Wildman–Crippen MR) is 142 cm³/mol. The van der Waals surface area contributed by atoms with Gasteiger partial charge in [0.25, 0.3) is 0 Å². The molecule has 39 heavy (non-hydrogen) atoms. The molecule has 5 N–H and O–H groups in total. The molecule has 0 saturated carbocycles. The number of halogens is 3. The van der Waals surface area contributed by atoms with Crippen LogP contribution in [0.2, 0.25) is 0 Å². The Morgan fingerprint density at radius 3 is 2.44 bits per heavy atom. The summed E-state index contributed by atoms with van der Waals surface area (Å²) in [5.74, 6) is 4.79. The summed E-state index contributed by atoms with van der Waals surface area (Å²) in [4.78, 5) is 12.8. The molecule has 0 unspecified atom stereocenters. The van der Waals surface area contributed by atoms with Gasteiger partial charge in [0.05, 0.1) is 29.2 Å². The van der Waals surface area contributed by atoms with Crippen LogP contribution in [0.4, 0.5) is 24.5 Å². The number of alkyl halides is 3. The largest absolute Gasteiger partial charge is 0.480 e. The highest BCUT2D eigenvalue weighted by atomic mass is 32.2. The highest BCUT2D eigenvalue weighted by Gasteiger charge is 2.30. The summed E-state index contributed by atoms with van der Waals surface area (Å²) in [5, 5.41) is 21.1. The Hall–Kier alpha value is -3.73. The fraction of sp³-hybridized carbons (Fsp3) is 0.346. The highest BCUT2D eigenvalue weighted by molar-refractivity contribution is 7.89. The molecule has 0 aliphatic carbocycles. The van der Waals surface area contributed by atoms with Crippen LogP contribution < -0.4 is 15.8 Å². The molecular formula is C26H28F3N5O4S. The number of rotatable bonds is 8. The summed E-state index contributed by atoms with van der Waals surface area (Å²) in [6.45, 7) is 0.135. The molecule has 0 amide bonds. The van der Waals surface area contributed by atoms with Crippen LogP contribution in [0.25, 0.3) is 10.9 Å². The molecule has 3 aromatic rings. The van der Waals surface area contributed by atoms with E-state index in [-0.39, 0.29) is 29.7 Å². The topological polar surface area (TPSA) is 130 Å². The van der Waals surface area contributed by atoms with Crippen molar-refractivity contribution < 1.29 is 31.5 Å². The summed E-state index contributed by atoms with van der Waals surface area (Å²) in [6.07, 6.45) is -3.03. The van der Waals surface area contributed by atoms with Gasteiger partial charge in [-0.05, 0) is 61.2 Å². The zero-order valence-corrected chi connectivity index (χ0v) is 21.6. The fourth-order valence-electron chi connectivity index (χ4n) is 4.55. The average Bonchev–Trinajstić information content (AvgIpc) is 3.19. The maximum Gasteiger partial charge on any atom is 0.406 e. The molecule has 4 rings (SSSR count). The van der Waals surface area contributed by atoms with Crippen molar-refractivity contribution in [2.75, 3.05) is 36.8 Å². The van der Waals surface area contributed by atoms with Crippen molar-refractivity contribution in [3.05, 3.63) is 54.2 Å². The normalized spacial score (nSPS) is 15.1. The Bertz CT molecular complexity index is 1500. The van der Waals surface area contributed by atoms with Crippen molar-refractivity contribution in [3.63, 3.8) is 0 Å². The van der Waals surface area contributed by atoms with E-state index in [9.17, 15) is 26.4 Å². The van der Waals surface area contributed by atoms with E-state index >= 15 is 0 Å². The summed E-state index contributed by atoms with van der Waals surface area (Å²) < 4.78 is 64.3. The Morgan fingerprint density at radius 1 is 1.13 bits per heavy atom. The minimum Gasteiger partial charge on any atom is -0.480 e. The number of sulfonamides is 1. The smallest absolute Gasteiger partial charge is 0.406 e. The number of benzene rings is 2. The first-order valence-corrected chi connectivity index (χ1v) is 13.7. The molecule has 2 heterocycles. The molecule has 9 nitrogen and oxygen atoms in total. The standard InChI is InChI=1S/C26H28F3N5O4S/c27-26(28,29)17-34-20(3-2-12-31-18-6-8-21(9-7-18)39(30,37)38)15-22-23(4-1-5-24(22)34)32-19-10-13-33(14-11-19)16-25(35)36/h1,4-9,15,19,31-32H,10-14,16-17H2,(H,35,36)(H2,30,37,38). The monoisotopic (exact) mass is 563 g/mol. The van der Waals surface area contributed by atoms with Crippen molar-refractivity contribution in [2.24, 2.45) is 5.14 Å². The third-order valence-corrected chi connectivity index (χ3v) is 7.30. The number of carbonyl (C=O) groups is 1. The number of hydrogen-bond acceptors (Lipinski definition) is 6. The number of carboxylic acid groups (broad SMARTS) is 1. The summed E-state index contributed by atoms with van der Waals surface area (Å²) in [5.41, 5.74) is 1.88. The van der Waals surface area contributed by atoms with Gasteiger partial charge in [-0.3, -0.25) is 9.69 Å². The van der Waals surface area contributed by atoms with E-state index in [0.29, 0.717) is 48.2 Å². The molecular weight excluding hydrogens is 535 g/mol. The van der Waals surface area contributed by atoms with Crippen LogP contribution in [0.15, 0.2) is 53.4 Å². The maximum absolute atomic E-state index is 13.5. The summed E-state index contributed by atoms with van der Waals surface area (Å²) in [7, 11) is -3.81. The first-order chi connectivity index (χ1) is 18.4. The number of aromatic nitrogens is 1. The van der Waals surface area contributed by atoms with Crippen molar-refractivity contribution in [1.82, 2.24) is 9.47 Å². The molecule has 1 aliphatic heterocycles. The molecule has 1 aliphatic rings. The molecule has 208 valence electrons. The van der Waals surface area contributed by atoms with Crippen LogP contribution in [0.3, 0.4) is 0 Å². The van der Waals surface area contributed by atoms with Crippen LogP contribution in [-0.4, -0.2) is 67.4 Å². The zero-order valence-electron chi connectivity index (χ0n) is 20.8. The number of carboxylic acids is 1. The van der Waals surface area contributed by atoms with Crippen molar-refractivity contribution in [1.29, 1.82) is 0 Å². The van der Waals surface area contributed by atoms with E-state index in [1.165, 1.54) is 24.3 Å². The van der Waals surface area contributed by atoms with Crippen molar-refractivity contribution in [3.8, 4) is 11.8 Å². The van der Waals surface area contributed by atoms with Gasteiger partial charge in [0.2, 0.25) is 10.0 Å². The number of hydrogen-bond donors (Lipinski definition) is 4. The molecule has 1 saturated heterocycles. The molecule has 1 fully saturated rings. The molecule has 0 bridgehead atoms. The third-order valence-electron chi connectivity index (χ3n) is 6.37. The lowest BCUT2D eigenvalue weighted by Gasteiger charge is -2.32. The van der Waals surface area contributed by atoms with Gasteiger partial charge in [-0.25, -0.2) is 13.6 Å². The Labute approximate surface area is 223 Å². The van der Waals surface area contributed by atoms with Gasteiger partial charge < -0.3 is 20.3 Å². The second-order valence-corrected chi connectivity index (χ2v) is 10.8. The Kier molecular flexibility index (Phi) is 8.39. The van der Waals surface area contributed by atoms with Crippen molar-refractivity contribution in [2.45, 2.75) is 36.5 Å². The van der Waals surface area contributed by atoms with Crippen LogP contribution in [0, 0.1) is 11.8 Å². The fourth-order valence-corrected chi connectivity index (χ4v) is 5.07. The van der Waals surface area contributed by atoms with Gasteiger partial charge in [-0.1, -0.05) is 12.0 Å². The third kappa shape index (κ3) is 7.66. The van der Waals surface area contributed by atoms with Gasteiger partial charge in [-0.2, -0.15) is 13.2 Å².